The van der Waals surface area contributed by atoms with Crippen molar-refractivity contribution in [1.29, 1.82) is 0 Å². The normalized spacial score (nSPS) is 17.6. The van der Waals surface area contributed by atoms with Gasteiger partial charge in [0.2, 0.25) is 0 Å². The molecule has 1 fully saturated rings. The van der Waals surface area contributed by atoms with Gasteiger partial charge in [-0.25, -0.2) is 4.39 Å². The monoisotopic (exact) mass is 451 g/mol. The van der Waals surface area contributed by atoms with Gasteiger partial charge in [0.15, 0.2) is 0 Å². The van der Waals surface area contributed by atoms with E-state index in [0.717, 1.165) is 10.5 Å². The number of aliphatic hydroxyl groups excluding tert-OH is 1. The Balaban J connectivity index is 1.97. The summed E-state index contributed by atoms with van der Waals surface area (Å²) in [4.78, 5) is 27.3. The number of halogens is 2. The summed E-state index contributed by atoms with van der Waals surface area (Å²) >= 11 is 6.10. The molecule has 1 amide bonds. The van der Waals surface area contributed by atoms with Crippen LogP contribution in [0.15, 0.2) is 72.3 Å². The van der Waals surface area contributed by atoms with E-state index in [1.54, 1.807) is 49.4 Å². The van der Waals surface area contributed by atoms with E-state index in [1.807, 2.05) is 0 Å². The number of carbonyl (C=O) groups is 2. The summed E-state index contributed by atoms with van der Waals surface area (Å²) in [5.74, 6) is -2.20. The fraction of sp³-hybridized carbons (Fsp3) is 0.120. The molecule has 0 saturated carbocycles. The van der Waals surface area contributed by atoms with Gasteiger partial charge < -0.3 is 9.84 Å². The van der Waals surface area contributed by atoms with Crippen molar-refractivity contribution in [3.63, 3.8) is 0 Å². The Morgan fingerprint density at radius 3 is 2.47 bits per heavy atom. The molecule has 0 aliphatic carbocycles. The van der Waals surface area contributed by atoms with Gasteiger partial charge in [-0.3, -0.25) is 14.5 Å². The molecule has 1 aliphatic rings. The molecule has 1 heterocycles. The zero-order valence-electron chi connectivity index (χ0n) is 17.3. The third-order valence-corrected chi connectivity index (χ3v) is 5.63. The van der Waals surface area contributed by atoms with E-state index in [2.05, 4.69) is 0 Å². The molecule has 1 saturated heterocycles. The number of nitrogens with zero attached hydrogens (tertiary/aromatic N) is 1. The second-order valence-electron chi connectivity index (χ2n) is 7.35. The Morgan fingerprint density at radius 2 is 1.81 bits per heavy atom. The van der Waals surface area contributed by atoms with Crippen LogP contribution in [0.5, 0.6) is 5.75 Å². The van der Waals surface area contributed by atoms with Crippen molar-refractivity contribution in [2.45, 2.75) is 13.0 Å². The zero-order chi connectivity index (χ0) is 23.0. The van der Waals surface area contributed by atoms with Gasteiger partial charge in [-0.2, -0.15) is 0 Å². The Bertz CT molecular complexity index is 1270. The summed E-state index contributed by atoms with van der Waals surface area (Å²) < 4.78 is 20.1. The van der Waals surface area contributed by atoms with E-state index in [0.29, 0.717) is 22.0 Å². The van der Waals surface area contributed by atoms with Crippen LogP contribution in [-0.2, 0) is 9.59 Å². The predicted molar refractivity (Wildman–Crippen MR) is 120 cm³/mol. The van der Waals surface area contributed by atoms with Crippen LogP contribution < -0.4 is 9.64 Å². The standard InChI is InChI=1S/C25H19ClFNO4/c1-14-12-15(10-11-20(14)32-2)23(29)21-22(18-8-3-4-9-19(18)27)28(25(31)24(21)30)17-7-5-6-16(26)13-17/h3-13,22,29H,1-2H3/b23-21+. The first-order valence-electron chi connectivity index (χ1n) is 9.79. The second kappa shape index (κ2) is 8.48. The number of amides is 1. The first kappa shape index (κ1) is 21.6. The highest BCUT2D eigenvalue weighted by Crippen LogP contribution is 2.43. The van der Waals surface area contributed by atoms with Gasteiger partial charge in [0.05, 0.1) is 18.7 Å². The molecule has 32 heavy (non-hydrogen) atoms. The number of Topliss-reactive ketones (excluding diaryl/α,β-unsaturated/α-hetero) is 1. The summed E-state index contributed by atoms with van der Waals surface area (Å²) in [6.45, 7) is 1.79. The first-order valence-corrected chi connectivity index (χ1v) is 10.2. The third kappa shape index (κ3) is 3.63. The number of methoxy groups -OCH3 is 1. The average molecular weight is 452 g/mol. The summed E-state index contributed by atoms with van der Waals surface area (Å²) in [6, 6.07) is 15.9. The van der Waals surface area contributed by atoms with Crippen LogP contribution in [0.4, 0.5) is 10.1 Å². The highest BCUT2D eigenvalue weighted by atomic mass is 35.5. The lowest BCUT2D eigenvalue weighted by Gasteiger charge is -2.26. The van der Waals surface area contributed by atoms with E-state index >= 15 is 0 Å². The minimum atomic E-state index is -1.17. The lowest BCUT2D eigenvalue weighted by atomic mass is 9.94. The molecule has 0 bridgehead atoms. The Kier molecular flexibility index (Phi) is 5.72. The van der Waals surface area contributed by atoms with Crippen LogP contribution in [0.1, 0.15) is 22.7 Å². The number of rotatable bonds is 4. The van der Waals surface area contributed by atoms with E-state index in [-0.39, 0.29) is 11.1 Å². The molecular formula is C25H19ClFNO4. The van der Waals surface area contributed by atoms with E-state index < -0.39 is 29.3 Å². The van der Waals surface area contributed by atoms with Crippen LogP contribution in [0.3, 0.4) is 0 Å². The van der Waals surface area contributed by atoms with Crippen LogP contribution >= 0.6 is 11.6 Å². The number of benzene rings is 3. The van der Waals surface area contributed by atoms with Crippen molar-refractivity contribution in [2.75, 3.05) is 12.0 Å². The van der Waals surface area contributed by atoms with Crippen molar-refractivity contribution in [2.24, 2.45) is 0 Å². The molecule has 1 atom stereocenters. The molecule has 0 aromatic heterocycles. The molecule has 3 aromatic rings. The third-order valence-electron chi connectivity index (χ3n) is 5.40. The average Bonchev–Trinajstić information content (AvgIpc) is 3.04. The summed E-state index contributed by atoms with van der Waals surface area (Å²) in [7, 11) is 1.52. The van der Waals surface area contributed by atoms with Gasteiger partial charge in [0.25, 0.3) is 11.7 Å². The molecule has 162 valence electrons. The van der Waals surface area contributed by atoms with Crippen molar-refractivity contribution in [3.05, 3.63) is 99.8 Å². The largest absolute Gasteiger partial charge is 0.507 e. The highest BCUT2D eigenvalue weighted by molar-refractivity contribution is 6.51. The predicted octanol–water partition coefficient (Wildman–Crippen LogP) is 5.42. The molecule has 1 N–H and O–H groups in total. The number of aryl methyl sites for hydroxylation is 1. The van der Waals surface area contributed by atoms with Gasteiger partial charge in [0, 0.05) is 21.8 Å². The fourth-order valence-electron chi connectivity index (χ4n) is 3.90. The number of anilines is 1. The van der Waals surface area contributed by atoms with Gasteiger partial charge in [-0.05, 0) is 55.0 Å². The maximum Gasteiger partial charge on any atom is 0.300 e. The van der Waals surface area contributed by atoms with E-state index in [1.165, 1.54) is 31.4 Å². The highest BCUT2D eigenvalue weighted by Gasteiger charge is 2.47. The topological polar surface area (TPSA) is 66.8 Å². The first-order chi connectivity index (χ1) is 15.3. The Labute approximate surface area is 189 Å². The maximum absolute atomic E-state index is 14.9. The van der Waals surface area contributed by atoms with Crippen molar-refractivity contribution >= 4 is 34.7 Å². The molecule has 1 unspecified atom stereocenters. The molecule has 5 nitrogen and oxygen atoms in total. The van der Waals surface area contributed by atoms with Gasteiger partial charge in [0.1, 0.15) is 17.3 Å². The number of hydrogen-bond acceptors (Lipinski definition) is 4. The number of hydrogen-bond donors (Lipinski definition) is 1. The van der Waals surface area contributed by atoms with Crippen molar-refractivity contribution < 1.29 is 23.8 Å². The fourth-order valence-corrected chi connectivity index (χ4v) is 4.08. The second-order valence-corrected chi connectivity index (χ2v) is 7.79. The molecule has 0 radical (unpaired) electrons. The molecule has 7 heteroatoms. The smallest absolute Gasteiger partial charge is 0.300 e. The number of carbonyl (C=O) groups excluding carboxylic acids is 2. The molecule has 3 aromatic carbocycles. The lowest BCUT2D eigenvalue weighted by Crippen LogP contribution is -2.29. The lowest BCUT2D eigenvalue weighted by molar-refractivity contribution is -0.132. The molecule has 0 spiro atoms. The Hall–Kier alpha value is -3.64. The molecule has 1 aliphatic heterocycles. The Morgan fingerprint density at radius 1 is 1.06 bits per heavy atom. The van der Waals surface area contributed by atoms with Crippen molar-refractivity contribution in [1.82, 2.24) is 0 Å². The van der Waals surface area contributed by atoms with Crippen molar-refractivity contribution in [3.8, 4) is 5.75 Å². The summed E-state index contributed by atoms with van der Waals surface area (Å²) in [6.07, 6.45) is 0. The zero-order valence-corrected chi connectivity index (χ0v) is 18.1. The van der Waals surface area contributed by atoms with Gasteiger partial charge in [-0.15, -0.1) is 0 Å². The number of ketones is 1. The minimum absolute atomic E-state index is 0.0819. The minimum Gasteiger partial charge on any atom is -0.507 e. The summed E-state index contributed by atoms with van der Waals surface area (Å²) in [5.41, 5.74) is 1.23. The van der Waals surface area contributed by atoms with Crippen LogP contribution in [-0.4, -0.2) is 23.9 Å². The van der Waals surface area contributed by atoms with E-state index in [9.17, 15) is 19.1 Å². The quantitative estimate of drug-likeness (QED) is 0.326. The van der Waals surface area contributed by atoms with Gasteiger partial charge in [-0.1, -0.05) is 35.9 Å². The number of ether oxygens (including phenoxy) is 1. The number of aliphatic hydroxyl groups is 1. The SMILES string of the molecule is COc1ccc(/C(O)=C2\C(=O)C(=O)N(c3cccc(Cl)c3)C2c2ccccc2F)cc1C. The molecular weight excluding hydrogens is 433 g/mol. The van der Waals surface area contributed by atoms with Crippen LogP contribution in [0.25, 0.3) is 5.76 Å². The van der Waals surface area contributed by atoms with Crippen LogP contribution in [0, 0.1) is 12.7 Å². The van der Waals surface area contributed by atoms with E-state index in [4.69, 9.17) is 16.3 Å². The maximum atomic E-state index is 14.9. The summed E-state index contributed by atoms with van der Waals surface area (Å²) in [5, 5.41) is 11.5. The molecule has 4 rings (SSSR count). The van der Waals surface area contributed by atoms with Gasteiger partial charge >= 0.3 is 0 Å². The van der Waals surface area contributed by atoms with Crippen LogP contribution in [0.2, 0.25) is 5.02 Å².